The fourth-order valence-electron chi connectivity index (χ4n) is 2.44. The summed E-state index contributed by atoms with van der Waals surface area (Å²) in [5, 5.41) is 19.0. The Kier molecular flexibility index (Phi) is 3.73. The van der Waals surface area contributed by atoms with Crippen molar-refractivity contribution in [3.05, 3.63) is 65.3 Å². The zero-order chi connectivity index (χ0) is 17.4. The van der Waals surface area contributed by atoms with Crippen molar-refractivity contribution in [2.45, 2.75) is 0 Å². The van der Waals surface area contributed by atoms with Crippen molar-refractivity contribution in [2.75, 3.05) is 0 Å². The third-order valence-corrected chi connectivity index (χ3v) is 3.88. The van der Waals surface area contributed by atoms with Gasteiger partial charge in [0, 0.05) is 10.6 Å². The molecule has 0 aliphatic rings. The second kappa shape index (κ2) is 6.06. The van der Waals surface area contributed by atoms with Gasteiger partial charge in [-0.2, -0.15) is 9.78 Å². The molecule has 0 unspecified atom stereocenters. The van der Waals surface area contributed by atoms with E-state index in [1.54, 1.807) is 24.3 Å². The number of hydrogen-bond donors (Lipinski definition) is 1. The van der Waals surface area contributed by atoms with Crippen molar-refractivity contribution in [1.29, 1.82) is 0 Å². The number of nitrogens with zero attached hydrogens (tertiary/aromatic N) is 5. The van der Waals surface area contributed by atoms with Crippen molar-refractivity contribution >= 4 is 11.6 Å². The first kappa shape index (κ1) is 15.4. The van der Waals surface area contributed by atoms with Crippen LogP contribution in [0.4, 0.5) is 8.78 Å². The molecule has 0 spiro atoms. The van der Waals surface area contributed by atoms with Crippen molar-refractivity contribution in [3.8, 4) is 28.3 Å². The van der Waals surface area contributed by atoms with Crippen LogP contribution in [-0.4, -0.2) is 30.4 Å². The number of aromatic amines is 1. The van der Waals surface area contributed by atoms with Crippen LogP contribution in [0, 0.1) is 11.6 Å². The van der Waals surface area contributed by atoms with Crippen LogP contribution in [0.5, 0.6) is 0 Å². The van der Waals surface area contributed by atoms with Crippen LogP contribution in [0.1, 0.15) is 0 Å². The van der Waals surface area contributed by atoms with Crippen LogP contribution in [-0.2, 0) is 0 Å². The number of rotatable bonds is 3. The Labute approximate surface area is 145 Å². The van der Waals surface area contributed by atoms with E-state index >= 15 is 0 Å². The second-order valence-electron chi connectivity index (χ2n) is 5.18. The van der Waals surface area contributed by atoms with E-state index in [1.807, 2.05) is 0 Å². The molecule has 2 aromatic carbocycles. The molecule has 0 aliphatic heterocycles. The lowest BCUT2D eigenvalue weighted by atomic mass is 10.1. The number of benzene rings is 2. The third kappa shape index (κ3) is 2.76. The Morgan fingerprint density at radius 3 is 2.56 bits per heavy atom. The summed E-state index contributed by atoms with van der Waals surface area (Å²) in [6.07, 6.45) is 1.52. The fraction of sp³-hybridized carbons (Fsp3) is 0. The molecule has 6 nitrogen and oxygen atoms in total. The zero-order valence-electron chi connectivity index (χ0n) is 12.5. The minimum Gasteiger partial charge on any atom is -0.277 e. The van der Waals surface area contributed by atoms with Crippen LogP contribution in [0.25, 0.3) is 28.3 Å². The number of hydrogen-bond acceptors (Lipinski definition) is 4. The van der Waals surface area contributed by atoms with E-state index < -0.39 is 11.6 Å². The molecule has 1 N–H and O–H groups in total. The largest absolute Gasteiger partial charge is 0.277 e. The Bertz CT molecular complexity index is 1040. The highest BCUT2D eigenvalue weighted by atomic mass is 35.5. The van der Waals surface area contributed by atoms with Gasteiger partial charge in [0.05, 0.1) is 23.1 Å². The summed E-state index contributed by atoms with van der Waals surface area (Å²) in [7, 11) is 0. The standard InChI is InChI=1S/C16H9ClF2N6/c17-10-2-4-11(5-3-10)25-16(22-23-24-25)12-8-20-21-15(12)9-1-6-13(18)14(19)7-9/h1-8H,(H,20,21). The molecule has 0 amide bonds. The lowest BCUT2D eigenvalue weighted by Crippen LogP contribution is -2.00. The highest BCUT2D eigenvalue weighted by Gasteiger charge is 2.18. The molecule has 0 aliphatic carbocycles. The summed E-state index contributed by atoms with van der Waals surface area (Å²) >= 11 is 5.90. The molecule has 124 valence electrons. The summed E-state index contributed by atoms with van der Waals surface area (Å²) in [6.45, 7) is 0. The summed E-state index contributed by atoms with van der Waals surface area (Å²) in [4.78, 5) is 0. The molecule has 0 fully saturated rings. The van der Waals surface area contributed by atoms with E-state index in [4.69, 9.17) is 11.6 Å². The maximum atomic E-state index is 13.6. The van der Waals surface area contributed by atoms with Gasteiger partial charge in [-0.3, -0.25) is 5.10 Å². The van der Waals surface area contributed by atoms with E-state index in [0.717, 1.165) is 12.1 Å². The average molecular weight is 359 g/mol. The second-order valence-corrected chi connectivity index (χ2v) is 5.61. The fourth-order valence-corrected chi connectivity index (χ4v) is 2.56. The molecule has 0 saturated carbocycles. The summed E-state index contributed by atoms with van der Waals surface area (Å²) < 4.78 is 28.2. The van der Waals surface area contributed by atoms with Gasteiger partial charge in [0.25, 0.3) is 0 Å². The van der Waals surface area contributed by atoms with Gasteiger partial charge in [0.2, 0.25) is 0 Å². The molecule has 4 aromatic rings. The molecule has 9 heteroatoms. The van der Waals surface area contributed by atoms with Crippen LogP contribution in [0.2, 0.25) is 5.02 Å². The van der Waals surface area contributed by atoms with Gasteiger partial charge >= 0.3 is 0 Å². The Balaban J connectivity index is 1.83. The first-order chi connectivity index (χ1) is 12.1. The topological polar surface area (TPSA) is 72.3 Å². The maximum Gasteiger partial charge on any atom is 0.190 e. The lowest BCUT2D eigenvalue weighted by molar-refractivity contribution is 0.509. The van der Waals surface area contributed by atoms with Gasteiger partial charge < -0.3 is 0 Å². The monoisotopic (exact) mass is 358 g/mol. The number of nitrogens with one attached hydrogen (secondary N) is 1. The van der Waals surface area contributed by atoms with Gasteiger partial charge in [0.15, 0.2) is 17.5 Å². The minimum atomic E-state index is -0.949. The SMILES string of the molecule is Fc1ccc(-c2[nH]ncc2-c2nnnn2-c2ccc(Cl)cc2)cc1F. The Morgan fingerprint density at radius 1 is 1.00 bits per heavy atom. The van der Waals surface area contributed by atoms with E-state index in [9.17, 15) is 8.78 Å². The molecule has 4 rings (SSSR count). The van der Waals surface area contributed by atoms with Gasteiger partial charge in [-0.25, -0.2) is 8.78 Å². The first-order valence-electron chi connectivity index (χ1n) is 7.17. The Hall–Kier alpha value is -3.13. The van der Waals surface area contributed by atoms with Crippen LogP contribution < -0.4 is 0 Å². The van der Waals surface area contributed by atoms with Crippen molar-refractivity contribution in [1.82, 2.24) is 30.4 Å². The summed E-state index contributed by atoms with van der Waals surface area (Å²) in [6, 6.07) is 10.5. The highest BCUT2D eigenvalue weighted by molar-refractivity contribution is 6.30. The zero-order valence-corrected chi connectivity index (χ0v) is 13.2. The predicted molar refractivity (Wildman–Crippen MR) is 87.1 cm³/mol. The van der Waals surface area contributed by atoms with E-state index in [1.165, 1.54) is 16.9 Å². The van der Waals surface area contributed by atoms with Crippen LogP contribution in [0.3, 0.4) is 0 Å². The summed E-state index contributed by atoms with van der Waals surface area (Å²) in [5.74, 6) is -1.47. The first-order valence-corrected chi connectivity index (χ1v) is 7.55. The van der Waals surface area contributed by atoms with Gasteiger partial charge in [-0.1, -0.05) is 11.6 Å². The van der Waals surface area contributed by atoms with E-state index in [-0.39, 0.29) is 0 Å². The van der Waals surface area contributed by atoms with Gasteiger partial charge in [-0.05, 0) is 52.9 Å². The van der Waals surface area contributed by atoms with Crippen LogP contribution in [0.15, 0.2) is 48.7 Å². The molecule has 25 heavy (non-hydrogen) atoms. The predicted octanol–water partition coefficient (Wildman–Crippen LogP) is 3.65. The number of halogens is 3. The van der Waals surface area contributed by atoms with Crippen molar-refractivity contribution < 1.29 is 8.78 Å². The minimum absolute atomic E-state index is 0.399. The molecular weight excluding hydrogens is 350 g/mol. The quantitative estimate of drug-likeness (QED) is 0.606. The van der Waals surface area contributed by atoms with Gasteiger partial charge in [0.1, 0.15) is 0 Å². The summed E-state index contributed by atoms with van der Waals surface area (Å²) in [5.41, 5.74) is 2.15. The third-order valence-electron chi connectivity index (χ3n) is 3.63. The smallest absolute Gasteiger partial charge is 0.190 e. The highest BCUT2D eigenvalue weighted by Crippen LogP contribution is 2.30. The maximum absolute atomic E-state index is 13.6. The van der Waals surface area contributed by atoms with Gasteiger partial charge in [-0.15, -0.1) is 5.10 Å². The lowest BCUT2D eigenvalue weighted by Gasteiger charge is -2.06. The molecule has 0 atom stereocenters. The number of H-pyrrole nitrogens is 1. The average Bonchev–Trinajstić information content (AvgIpc) is 3.26. The number of aromatic nitrogens is 6. The number of tetrazole rings is 1. The van der Waals surface area contributed by atoms with Crippen molar-refractivity contribution in [2.24, 2.45) is 0 Å². The van der Waals surface area contributed by atoms with Crippen LogP contribution >= 0.6 is 11.6 Å². The molecule has 2 heterocycles. The molecular formula is C16H9ClF2N6. The molecule has 0 saturated heterocycles. The Morgan fingerprint density at radius 2 is 1.80 bits per heavy atom. The normalized spacial score (nSPS) is 11.0. The van der Waals surface area contributed by atoms with Crippen molar-refractivity contribution in [3.63, 3.8) is 0 Å². The molecule has 0 radical (unpaired) electrons. The van der Waals surface area contributed by atoms with E-state index in [0.29, 0.717) is 33.4 Å². The van der Waals surface area contributed by atoms with E-state index in [2.05, 4.69) is 25.7 Å². The molecule has 2 aromatic heterocycles. The molecule has 0 bridgehead atoms.